The maximum atomic E-state index is 12.7. The molecule has 0 aliphatic carbocycles. The molecular weight excluding hydrogens is 209 g/mol. The Hall–Kier alpha value is -0.920. The zero-order valence-electron chi connectivity index (χ0n) is 5.41. The molecule has 0 aliphatic heterocycles. The Labute approximate surface area is 76.3 Å². The van der Waals surface area contributed by atoms with E-state index in [9.17, 15) is 8.78 Å². The van der Waals surface area contributed by atoms with Gasteiger partial charge < -0.3 is 0 Å². The second-order valence-corrected chi connectivity index (χ2v) is 2.54. The smallest absolute Gasteiger partial charge is 0.182 e. The van der Waals surface area contributed by atoms with Crippen LogP contribution in [0.5, 0.6) is 0 Å². The maximum Gasteiger partial charge on any atom is 0.182 e. The van der Waals surface area contributed by atoms with Gasteiger partial charge in [-0.2, -0.15) is 5.26 Å². The molecule has 2 nitrogen and oxygen atoms in total. The molecule has 0 amide bonds. The van der Waals surface area contributed by atoms with Crippen LogP contribution in [0.1, 0.15) is 5.69 Å². The van der Waals surface area contributed by atoms with Gasteiger partial charge in [0.25, 0.3) is 0 Å². The monoisotopic (exact) mass is 208 g/mol. The Morgan fingerprint density at radius 1 is 1.25 bits per heavy atom. The Bertz CT molecular complexity index is 373. The van der Waals surface area contributed by atoms with E-state index < -0.39 is 27.5 Å². The summed E-state index contributed by atoms with van der Waals surface area (Å²) in [5.74, 6) is -2.35. The number of rotatable bonds is 0. The van der Waals surface area contributed by atoms with Crippen molar-refractivity contribution in [2.24, 2.45) is 0 Å². The highest BCUT2D eigenvalue weighted by Crippen LogP contribution is 2.25. The Morgan fingerprint density at radius 2 is 1.83 bits per heavy atom. The molecule has 0 atom stereocenters. The highest BCUT2D eigenvalue weighted by atomic mass is 35.5. The molecule has 0 N–H and O–H groups in total. The number of nitrogens with zero attached hydrogens (tertiary/aromatic N) is 2. The molecule has 0 spiro atoms. The SMILES string of the molecule is N#Cc1nc(Cl)c(F)c(Cl)c1F. The summed E-state index contributed by atoms with van der Waals surface area (Å²) in [4.78, 5) is 3.12. The van der Waals surface area contributed by atoms with Gasteiger partial charge in [0, 0.05) is 0 Å². The van der Waals surface area contributed by atoms with Crippen molar-refractivity contribution in [3.8, 4) is 6.07 Å². The van der Waals surface area contributed by atoms with Crippen molar-refractivity contribution in [1.82, 2.24) is 4.98 Å². The normalized spacial score (nSPS) is 9.58. The van der Waals surface area contributed by atoms with E-state index in [0.717, 1.165) is 0 Å². The minimum atomic E-state index is -1.19. The quantitative estimate of drug-likeness (QED) is 0.615. The minimum Gasteiger partial charge on any atom is -0.219 e. The molecule has 1 aromatic rings. The van der Waals surface area contributed by atoms with Crippen LogP contribution in [0.3, 0.4) is 0 Å². The second kappa shape index (κ2) is 3.21. The number of hydrogen-bond acceptors (Lipinski definition) is 2. The minimum absolute atomic E-state index is 0.613. The average Bonchev–Trinajstić information content (AvgIpc) is 2.08. The molecule has 6 heteroatoms. The van der Waals surface area contributed by atoms with Crippen molar-refractivity contribution in [1.29, 1.82) is 5.26 Å². The lowest BCUT2D eigenvalue weighted by Gasteiger charge is -1.98. The summed E-state index contributed by atoms with van der Waals surface area (Å²) >= 11 is 10.3. The first kappa shape index (κ1) is 9.17. The second-order valence-electron chi connectivity index (χ2n) is 1.80. The summed E-state index contributed by atoms with van der Waals surface area (Å²) in [5, 5.41) is 6.84. The number of halogens is 4. The van der Waals surface area contributed by atoms with E-state index in [1.165, 1.54) is 6.07 Å². The lowest BCUT2D eigenvalue weighted by molar-refractivity contribution is 0.571. The van der Waals surface area contributed by atoms with Crippen LogP contribution in [0.2, 0.25) is 10.2 Å². The van der Waals surface area contributed by atoms with Crippen LogP contribution in [0.15, 0.2) is 0 Å². The maximum absolute atomic E-state index is 12.7. The van der Waals surface area contributed by atoms with Gasteiger partial charge in [-0.3, -0.25) is 0 Å². The summed E-state index contributed by atoms with van der Waals surface area (Å²) in [5.41, 5.74) is -0.619. The molecule has 0 saturated heterocycles. The van der Waals surface area contributed by atoms with Crippen LogP contribution in [0.25, 0.3) is 0 Å². The van der Waals surface area contributed by atoms with Crippen molar-refractivity contribution in [2.75, 3.05) is 0 Å². The number of hydrogen-bond donors (Lipinski definition) is 0. The van der Waals surface area contributed by atoms with E-state index in [1.54, 1.807) is 0 Å². The van der Waals surface area contributed by atoms with E-state index in [4.69, 9.17) is 28.5 Å². The molecule has 1 rings (SSSR count). The van der Waals surface area contributed by atoms with Crippen LogP contribution in [0.4, 0.5) is 8.78 Å². The molecule has 0 saturated carbocycles. The fraction of sp³-hybridized carbons (Fsp3) is 0. The highest BCUT2D eigenvalue weighted by Gasteiger charge is 2.16. The third kappa shape index (κ3) is 1.33. The van der Waals surface area contributed by atoms with Crippen molar-refractivity contribution >= 4 is 23.2 Å². The fourth-order valence-corrected chi connectivity index (χ4v) is 0.968. The van der Waals surface area contributed by atoms with Crippen molar-refractivity contribution in [3.05, 3.63) is 27.5 Å². The molecule has 0 unspecified atom stereocenters. The summed E-state index contributed by atoms with van der Waals surface area (Å²) in [7, 11) is 0. The zero-order valence-corrected chi connectivity index (χ0v) is 6.92. The summed E-state index contributed by atoms with van der Waals surface area (Å²) < 4.78 is 25.4. The largest absolute Gasteiger partial charge is 0.219 e. The van der Waals surface area contributed by atoms with Crippen molar-refractivity contribution in [2.45, 2.75) is 0 Å². The third-order valence-electron chi connectivity index (χ3n) is 1.09. The third-order valence-corrected chi connectivity index (χ3v) is 1.67. The fourth-order valence-electron chi connectivity index (χ4n) is 0.561. The average molecular weight is 209 g/mol. The van der Waals surface area contributed by atoms with Crippen LogP contribution in [-0.2, 0) is 0 Å². The Kier molecular flexibility index (Phi) is 2.46. The zero-order chi connectivity index (χ0) is 9.30. The van der Waals surface area contributed by atoms with E-state index in [1.807, 2.05) is 0 Å². The predicted molar refractivity (Wildman–Crippen MR) is 38.9 cm³/mol. The molecule has 0 aromatic carbocycles. The molecule has 1 heterocycles. The molecule has 62 valence electrons. The number of pyridine rings is 1. The summed E-state index contributed by atoms with van der Waals surface area (Å²) in [6, 6.07) is 1.38. The molecule has 0 fully saturated rings. The van der Waals surface area contributed by atoms with Gasteiger partial charge in [-0.05, 0) is 0 Å². The van der Waals surface area contributed by atoms with Crippen molar-refractivity contribution in [3.63, 3.8) is 0 Å². The topological polar surface area (TPSA) is 36.7 Å². The Morgan fingerprint density at radius 3 is 2.33 bits per heavy atom. The highest BCUT2D eigenvalue weighted by molar-refractivity contribution is 6.34. The molecule has 1 aromatic heterocycles. The van der Waals surface area contributed by atoms with Gasteiger partial charge in [-0.15, -0.1) is 0 Å². The van der Waals surface area contributed by atoms with E-state index in [0.29, 0.717) is 0 Å². The lowest BCUT2D eigenvalue weighted by Crippen LogP contribution is -1.95. The first-order chi connectivity index (χ1) is 5.57. The molecule has 12 heavy (non-hydrogen) atoms. The molecule has 0 radical (unpaired) electrons. The lowest BCUT2D eigenvalue weighted by atomic mass is 10.3. The van der Waals surface area contributed by atoms with Crippen LogP contribution >= 0.6 is 23.2 Å². The first-order valence-corrected chi connectivity index (χ1v) is 3.43. The van der Waals surface area contributed by atoms with Gasteiger partial charge in [0.1, 0.15) is 11.1 Å². The van der Waals surface area contributed by atoms with Crippen LogP contribution in [-0.4, -0.2) is 4.98 Å². The molecular formula is C6Cl2F2N2. The summed E-state index contributed by atoms with van der Waals surface area (Å²) in [6.07, 6.45) is 0. The first-order valence-electron chi connectivity index (χ1n) is 2.68. The van der Waals surface area contributed by atoms with Crippen LogP contribution in [0, 0.1) is 23.0 Å². The number of nitriles is 1. The van der Waals surface area contributed by atoms with Gasteiger partial charge in [0.15, 0.2) is 22.5 Å². The van der Waals surface area contributed by atoms with Crippen LogP contribution < -0.4 is 0 Å². The number of aromatic nitrogens is 1. The van der Waals surface area contributed by atoms with E-state index >= 15 is 0 Å². The molecule has 0 aliphatic rings. The Balaban J connectivity index is 3.52. The van der Waals surface area contributed by atoms with Gasteiger partial charge in [0.2, 0.25) is 0 Å². The predicted octanol–water partition coefficient (Wildman–Crippen LogP) is 2.54. The molecule has 0 bridgehead atoms. The van der Waals surface area contributed by atoms with E-state index in [2.05, 4.69) is 4.98 Å². The summed E-state index contributed by atoms with van der Waals surface area (Å²) in [6.45, 7) is 0. The van der Waals surface area contributed by atoms with Gasteiger partial charge in [0.05, 0.1) is 0 Å². The van der Waals surface area contributed by atoms with Gasteiger partial charge in [-0.25, -0.2) is 13.8 Å². The van der Waals surface area contributed by atoms with Crippen molar-refractivity contribution < 1.29 is 8.78 Å². The van der Waals surface area contributed by atoms with Gasteiger partial charge in [-0.1, -0.05) is 23.2 Å². The standard InChI is InChI=1S/C6Cl2F2N2/c7-3-4(9)2(1-11)12-6(8)5(3)10. The van der Waals surface area contributed by atoms with E-state index in [-0.39, 0.29) is 0 Å². The van der Waals surface area contributed by atoms with Gasteiger partial charge >= 0.3 is 0 Å².